The molecule has 1 aromatic rings. The van der Waals surface area contributed by atoms with Gasteiger partial charge in [0.05, 0.1) is 4.90 Å². The molecule has 1 fully saturated rings. The van der Waals surface area contributed by atoms with Gasteiger partial charge >= 0.3 is 0 Å². The fourth-order valence-corrected chi connectivity index (χ4v) is 4.75. The average Bonchev–Trinajstić information content (AvgIpc) is 3.15. The molecule has 2 rings (SSSR count). The maximum absolute atomic E-state index is 12.6. The van der Waals surface area contributed by atoms with Crippen LogP contribution in [-0.4, -0.2) is 44.9 Å². The minimum absolute atomic E-state index is 0. The van der Waals surface area contributed by atoms with Crippen LogP contribution in [0.2, 0.25) is 0 Å². The van der Waals surface area contributed by atoms with Crippen molar-refractivity contribution in [1.82, 2.24) is 9.62 Å². The van der Waals surface area contributed by atoms with Gasteiger partial charge in [-0.25, -0.2) is 13.1 Å². The van der Waals surface area contributed by atoms with Gasteiger partial charge in [0, 0.05) is 31.2 Å². The Bertz CT molecular complexity index is 669. The van der Waals surface area contributed by atoms with Gasteiger partial charge in [-0.2, -0.15) is 0 Å². The summed E-state index contributed by atoms with van der Waals surface area (Å²) in [6.07, 6.45) is 4.29. The zero-order valence-electron chi connectivity index (χ0n) is 15.5. The molecule has 8 heteroatoms. The van der Waals surface area contributed by atoms with Crippen LogP contribution in [0.25, 0.3) is 0 Å². The van der Waals surface area contributed by atoms with E-state index in [1.54, 1.807) is 17.0 Å². The molecule has 0 spiro atoms. The lowest BCUT2D eigenvalue weighted by Gasteiger charge is -2.23. The van der Waals surface area contributed by atoms with Crippen molar-refractivity contribution in [3.8, 4) is 0 Å². The number of carbonyl (C=O) groups excluding carboxylic acids is 1. The van der Waals surface area contributed by atoms with E-state index in [2.05, 4.69) is 4.72 Å². The summed E-state index contributed by atoms with van der Waals surface area (Å²) in [6.45, 7) is 5.37. The molecule has 1 aliphatic rings. The molecule has 0 heterocycles. The molecular weight excluding hydrogens is 374 g/mol. The molecule has 1 saturated carbocycles. The number of nitrogens with two attached hydrogens (primary N) is 1. The number of hydrogen-bond acceptors (Lipinski definition) is 4. The standard InChI is InChI=1S/C18H29N3O3S.ClH/c1-3-21(4-2)18(22)15-9-11-16(12-10-15)25(23,24)20-17(13-19)14-7-5-6-8-14;/h9-12,14,17,20H,3-8,13,19H2,1-2H3;1H. The van der Waals surface area contributed by atoms with E-state index in [0.717, 1.165) is 25.7 Å². The molecule has 0 bridgehead atoms. The summed E-state index contributed by atoms with van der Waals surface area (Å²) in [6, 6.07) is 5.89. The molecule has 1 unspecified atom stereocenters. The molecule has 0 saturated heterocycles. The number of halogens is 1. The van der Waals surface area contributed by atoms with Crippen LogP contribution >= 0.6 is 12.4 Å². The van der Waals surface area contributed by atoms with Crippen molar-refractivity contribution in [2.24, 2.45) is 11.7 Å². The van der Waals surface area contributed by atoms with E-state index in [-0.39, 0.29) is 29.3 Å². The number of sulfonamides is 1. The SMILES string of the molecule is CCN(CC)C(=O)c1ccc(S(=O)(=O)NC(CN)C2CCCC2)cc1.Cl. The number of hydrogen-bond donors (Lipinski definition) is 2. The first kappa shape index (κ1) is 22.9. The first-order valence-electron chi connectivity index (χ1n) is 9.04. The van der Waals surface area contributed by atoms with Gasteiger partial charge in [0.25, 0.3) is 5.91 Å². The van der Waals surface area contributed by atoms with E-state index in [0.29, 0.717) is 31.1 Å². The summed E-state index contributed by atoms with van der Waals surface area (Å²) < 4.78 is 28.0. The summed E-state index contributed by atoms with van der Waals surface area (Å²) in [7, 11) is -3.64. The molecule has 0 aromatic heterocycles. The quantitative estimate of drug-likeness (QED) is 0.696. The van der Waals surface area contributed by atoms with Crippen molar-refractivity contribution >= 4 is 28.3 Å². The minimum atomic E-state index is -3.64. The van der Waals surface area contributed by atoms with E-state index in [1.165, 1.54) is 12.1 Å². The number of rotatable bonds is 8. The molecule has 1 aromatic carbocycles. The third kappa shape index (κ3) is 5.42. The third-order valence-corrected chi connectivity index (χ3v) is 6.50. The number of nitrogens with zero attached hydrogens (tertiary/aromatic N) is 1. The maximum Gasteiger partial charge on any atom is 0.253 e. The lowest BCUT2D eigenvalue weighted by Crippen LogP contribution is -2.44. The van der Waals surface area contributed by atoms with Crippen LogP contribution in [-0.2, 0) is 10.0 Å². The van der Waals surface area contributed by atoms with Gasteiger partial charge in [-0.15, -0.1) is 12.4 Å². The summed E-state index contributed by atoms with van der Waals surface area (Å²) in [5.41, 5.74) is 6.28. The molecule has 6 nitrogen and oxygen atoms in total. The molecule has 0 aliphatic heterocycles. The van der Waals surface area contributed by atoms with Gasteiger partial charge in [0.1, 0.15) is 0 Å². The maximum atomic E-state index is 12.6. The van der Waals surface area contributed by atoms with E-state index in [9.17, 15) is 13.2 Å². The van der Waals surface area contributed by atoms with Crippen molar-refractivity contribution < 1.29 is 13.2 Å². The Morgan fingerprint density at radius 1 is 1.19 bits per heavy atom. The Morgan fingerprint density at radius 3 is 2.19 bits per heavy atom. The molecule has 26 heavy (non-hydrogen) atoms. The van der Waals surface area contributed by atoms with Crippen molar-refractivity contribution in [3.05, 3.63) is 29.8 Å². The molecule has 148 valence electrons. The molecular formula is C18H30ClN3O3S. The number of nitrogens with one attached hydrogen (secondary N) is 1. The van der Waals surface area contributed by atoms with Crippen LogP contribution in [0, 0.1) is 5.92 Å². The Labute approximate surface area is 163 Å². The Hall–Kier alpha value is -1.15. The van der Waals surface area contributed by atoms with Crippen molar-refractivity contribution in [3.63, 3.8) is 0 Å². The van der Waals surface area contributed by atoms with Crippen LogP contribution in [0.1, 0.15) is 49.9 Å². The Morgan fingerprint density at radius 2 is 1.73 bits per heavy atom. The van der Waals surface area contributed by atoms with Crippen LogP contribution in [0.15, 0.2) is 29.2 Å². The largest absolute Gasteiger partial charge is 0.339 e. The summed E-state index contributed by atoms with van der Waals surface area (Å²) >= 11 is 0. The van der Waals surface area contributed by atoms with Crippen LogP contribution in [0.5, 0.6) is 0 Å². The second kappa shape index (κ2) is 10.3. The second-order valence-electron chi connectivity index (χ2n) is 6.51. The summed E-state index contributed by atoms with van der Waals surface area (Å²) in [5.74, 6) is 0.219. The zero-order valence-corrected chi connectivity index (χ0v) is 17.1. The van der Waals surface area contributed by atoms with Crippen LogP contribution in [0.4, 0.5) is 0 Å². The molecule has 1 amide bonds. The zero-order chi connectivity index (χ0) is 18.4. The van der Waals surface area contributed by atoms with E-state index in [4.69, 9.17) is 5.73 Å². The van der Waals surface area contributed by atoms with Gasteiger partial charge in [-0.3, -0.25) is 4.79 Å². The topological polar surface area (TPSA) is 92.5 Å². The molecule has 1 atom stereocenters. The van der Waals surface area contributed by atoms with Crippen LogP contribution < -0.4 is 10.5 Å². The highest BCUT2D eigenvalue weighted by atomic mass is 35.5. The predicted molar refractivity (Wildman–Crippen MR) is 106 cm³/mol. The molecule has 1 aliphatic carbocycles. The number of benzene rings is 1. The highest BCUT2D eigenvalue weighted by Gasteiger charge is 2.28. The highest BCUT2D eigenvalue weighted by Crippen LogP contribution is 2.28. The normalized spacial score (nSPS) is 16.1. The molecule has 0 radical (unpaired) electrons. The van der Waals surface area contributed by atoms with Crippen molar-refractivity contribution in [2.45, 2.75) is 50.5 Å². The predicted octanol–water partition coefficient (Wildman–Crippen LogP) is 2.39. The van der Waals surface area contributed by atoms with E-state index in [1.807, 2.05) is 13.8 Å². The van der Waals surface area contributed by atoms with Gasteiger partial charge in [0.15, 0.2) is 0 Å². The number of amides is 1. The monoisotopic (exact) mass is 403 g/mol. The second-order valence-corrected chi connectivity index (χ2v) is 8.22. The van der Waals surface area contributed by atoms with Crippen molar-refractivity contribution in [2.75, 3.05) is 19.6 Å². The van der Waals surface area contributed by atoms with Gasteiger partial charge in [-0.05, 0) is 56.9 Å². The lowest BCUT2D eigenvalue weighted by atomic mass is 9.99. The minimum Gasteiger partial charge on any atom is -0.339 e. The van der Waals surface area contributed by atoms with Crippen LogP contribution in [0.3, 0.4) is 0 Å². The van der Waals surface area contributed by atoms with Crippen molar-refractivity contribution in [1.29, 1.82) is 0 Å². The third-order valence-electron chi connectivity index (χ3n) is 4.99. The van der Waals surface area contributed by atoms with E-state index >= 15 is 0 Å². The first-order chi connectivity index (χ1) is 11.9. The Balaban J connectivity index is 0.00000338. The van der Waals surface area contributed by atoms with Gasteiger partial charge in [-0.1, -0.05) is 12.8 Å². The Kier molecular flexibility index (Phi) is 9.03. The molecule has 3 N–H and O–H groups in total. The van der Waals surface area contributed by atoms with Gasteiger partial charge < -0.3 is 10.6 Å². The summed E-state index contributed by atoms with van der Waals surface area (Å²) in [4.78, 5) is 14.2. The smallest absolute Gasteiger partial charge is 0.253 e. The highest BCUT2D eigenvalue weighted by molar-refractivity contribution is 7.89. The lowest BCUT2D eigenvalue weighted by molar-refractivity contribution is 0.0773. The number of carbonyl (C=O) groups is 1. The van der Waals surface area contributed by atoms with Gasteiger partial charge in [0.2, 0.25) is 10.0 Å². The first-order valence-corrected chi connectivity index (χ1v) is 10.5. The fraction of sp³-hybridized carbons (Fsp3) is 0.611. The average molecular weight is 404 g/mol. The fourth-order valence-electron chi connectivity index (χ4n) is 3.43. The summed E-state index contributed by atoms with van der Waals surface area (Å²) in [5, 5.41) is 0. The van der Waals surface area contributed by atoms with E-state index < -0.39 is 10.0 Å².